The van der Waals surface area contributed by atoms with E-state index in [2.05, 4.69) is 0 Å². The first-order chi connectivity index (χ1) is 4.97. The molecule has 2 fully saturated rings. The molecule has 0 atom stereocenters. The van der Waals surface area contributed by atoms with Gasteiger partial charge in [0.15, 0.2) is 0 Å². The highest BCUT2D eigenvalue weighted by Gasteiger charge is 2.16. The van der Waals surface area contributed by atoms with Crippen molar-refractivity contribution in [3.05, 3.63) is 11.1 Å². The van der Waals surface area contributed by atoms with Gasteiger partial charge in [-0.15, -0.1) is 0 Å². The van der Waals surface area contributed by atoms with E-state index in [4.69, 9.17) is 9.47 Å². The zero-order valence-electron chi connectivity index (χ0n) is 6.06. The molecule has 56 valence electrons. The Kier molecular flexibility index (Phi) is 1.74. The van der Waals surface area contributed by atoms with Gasteiger partial charge in [0.2, 0.25) is 0 Å². The van der Waals surface area contributed by atoms with Gasteiger partial charge in [0, 0.05) is 0 Å². The summed E-state index contributed by atoms with van der Waals surface area (Å²) in [4.78, 5) is 0. The number of hydrogen-bond acceptors (Lipinski definition) is 2. The number of hydrogen-bond donors (Lipinski definition) is 0. The Morgan fingerprint density at radius 2 is 1.30 bits per heavy atom. The Morgan fingerprint density at radius 1 is 0.800 bits per heavy atom. The van der Waals surface area contributed by atoms with Crippen molar-refractivity contribution in [2.24, 2.45) is 0 Å². The summed E-state index contributed by atoms with van der Waals surface area (Å²) in [6, 6.07) is 0. The molecule has 0 spiro atoms. The summed E-state index contributed by atoms with van der Waals surface area (Å²) in [7, 11) is 0. The molecule has 0 amide bonds. The molecule has 0 aromatic carbocycles. The lowest BCUT2D eigenvalue weighted by atomic mass is 10.1. The molecule has 0 aliphatic carbocycles. The maximum Gasteiger partial charge on any atom is 0.0681 e. The van der Waals surface area contributed by atoms with Crippen LogP contribution in [0, 0.1) is 0 Å². The van der Waals surface area contributed by atoms with Gasteiger partial charge < -0.3 is 9.47 Å². The average molecular weight is 140 g/mol. The molecule has 0 saturated carbocycles. The Labute approximate surface area is 60.8 Å². The minimum Gasteiger partial charge on any atom is -0.377 e. The second kappa shape index (κ2) is 2.72. The van der Waals surface area contributed by atoms with E-state index in [0.717, 1.165) is 39.3 Å². The molecular formula is C8H12O2. The van der Waals surface area contributed by atoms with Crippen molar-refractivity contribution in [3.8, 4) is 0 Å². The number of ether oxygens (including phenoxy) is 2. The predicted octanol–water partition coefficient (Wildman–Crippen LogP) is 1.12. The van der Waals surface area contributed by atoms with E-state index in [1.165, 1.54) is 11.1 Å². The van der Waals surface area contributed by atoms with Gasteiger partial charge in [-0.05, 0) is 24.0 Å². The largest absolute Gasteiger partial charge is 0.377 e. The minimum absolute atomic E-state index is 0.860. The van der Waals surface area contributed by atoms with E-state index in [0.29, 0.717) is 0 Å². The Morgan fingerprint density at radius 3 is 1.60 bits per heavy atom. The maximum absolute atomic E-state index is 5.26. The molecule has 2 heterocycles. The third kappa shape index (κ3) is 1.09. The summed E-state index contributed by atoms with van der Waals surface area (Å²) in [6.07, 6.45) is 2.28. The minimum atomic E-state index is 0.860. The van der Waals surface area contributed by atoms with Crippen LogP contribution < -0.4 is 0 Å². The first-order valence-electron chi connectivity index (χ1n) is 3.82. The second-order valence-electron chi connectivity index (χ2n) is 2.81. The van der Waals surface area contributed by atoms with Crippen molar-refractivity contribution in [2.45, 2.75) is 12.8 Å². The van der Waals surface area contributed by atoms with Gasteiger partial charge in [-0.1, -0.05) is 0 Å². The lowest BCUT2D eigenvalue weighted by Crippen LogP contribution is -1.90. The van der Waals surface area contributed by atoms with Gasteiger partial charge in [-0.3, -0.25) is 0 Å². The molecule has 0 radical (unpaired) electrons. The fraction of sp³-hybridized carbons (Fsp3) is 0.750. The van der Waals surface area contributed by atoms with Crippen LogP contribution in [0.4, 0.5) is 0 Å². The lowest BCUT2D eigenvalue weighted by Gasteiger charge is -1.97. The Hall–Kier alpha value is -0.340. The standard InChI is InChI=1S/C8H12O2/c1-3-9-5-7(1)8-2-4-10-6-8/h1-6H2. The van der Waals surface area contributed by atoms with E-state index in [1.807, 2.05) is 0 Å². The molecule has 2 aliphatic rings. The topological polar surface area (TPSA) is 18.5 Å². The third-order valence-electron chi connectivity index (χ3n) is 2.15. The van der Waals surface area contributed by atoms with Crippen molar-refractivity contribution in [1.82, 2.24) is 0 Å². The smallest absolute Gasteiger partial charge is 0.0681 e. The average Bonchev–Trinajstić information content (AvgIpc) is 2.59. The molecule has 0 bridgehead atoms. The number of rotatable bonds is 0. The van der Waals surface area contributed by atoms with Crippen molar-refractivity contribution in [3.63, 3.8) is 0 Å². The van der Waals surface area contributed by atoms with Crippen molar-refractivity contribution >= 4 is 0 Å². The van der Waals surface area contributed by atoms with Gasteiger partial charge in [-0.25, -0.2) is 0 Å². The molecular weight excluding hydrogens is 128 g/mol. The van der Waals surface area contributed by atoms with Gasteiger partial charge in [0.25, 0.3) is 0 Å². The summed E-state index contributed by atoms with van der Waals surface area (Å²) in [5, 5.41) is 0. The quantitative estimate of drug-likeness (QED) is 0.469. The van der Waals surface area contributed by atoms with Gasteiger partial charge >= 0.3 is 0 Å². The molecule has 2 aliphatic heterocycles. The maximum atomic E-state index is 5.26. The van der Waals surface area contributed by atoms with Gasteiger partial charge in [-0.2, -0.15) is 0 Å². The Balaban J connectivity index is 2.10. The zero-order valence-corrected chi connectivity index (χ0v) is 6.06. The van der Waals surface area contributed by atoms with Crippen LogP contribution in [-0.2, 0) is 9.47 Å². The fourth-order valence-corrected chi connectivity index (χ4v) is 1.48. The highest BCUT2D eigenvalue weighted by molar-refractivity contribution is 5.19. The molecule has 0 unspecified atom stereocenters. The van der Waals surface area contributed by atoms with E-state index in [1.54, 1.807) is 0 Å². The highest BCUT2D eigenvalue weighted by Crippen LogP contribution is 2.22. The van der Waals surface area contributed by atoms with E-state index in [-0.39, 0.29) is 0 Å². The molecule has 0 N–H and O–H groups in total. The second-order valence-corrected chi connectivity index (χ2v) is 2.81. The van der Waals surface area contributed by atoms with E-state index >= 15 is 0 Å². The van der Waals surface area contributed by atoms with Gasteiger partial charge in [0.1, 0.15) is 0 Å². The first-order valence-corrected chi connectivity index (χ1v) is 3.82. The summed E-state index contributed by atoms with van der Waals surface area (Å²) >= 11 is 0. The predicted molar refractivity (Wildman–Crippen MR) is 37.9 cm³/mol. The summed E-state index contributed by atoms with van der Waals surface area (Å²) in [6.45, 7) is 3.55. The van der Waals surface area contributed by atoms with Gasteiger partial charge in [0.05, 0.1) is 26.4 Å². The molecule has 2 saturated heterocycles. The monoisotopic (exact) mass is 140 g/mol. The van der Waals surface area contributed by atoms with Crippen LogP contribution in [0.3, 0.4) is 0 Å². The molecule has 0 aromatic heterocycles. The fourth-order valence-electron chi connectivity index (χ4n) is 1.48. The SMILES string of the molecule is C1CC(=C2CCOC2)CO1. The van der Waals surface area contributed by atoms with Crippen molar-refractivity contribution < 1.29 is 9.47 Å². The highest BCUT2D eigenvalue weighted by atomic mass is 16.5. The lowest BCUT2D eigenvalue weighted by molar-refractivity contribution is 0.201. The van der Waals surface area contributed by atoms with E-state index in [9.17, 15) is 0 Å². The van der Waals surface area contributed by atoms with Crippen LogP contribution in [-0.4, -0.2) is 26.4 Å². The molecule has 2 rings (SSSR count). The molecule has 10 heavy (non-hydrogen) atoms. The van der Waals surface area contributed by atoms with E-state index < -0.39 is 0 Å². The van der Waals surface area contributed by atoms with Crippen LogP contribution in [0.5, 0.6) is 0 Å². The van der Waals surface area contributed by atoms with Crippen LogP contribution in [0.1, 0.15) is 12.8 Å². The summed E-state index contributed by atoms with van der Waals surface area (Å²) in [5.41, 5.74) is 3.00. The van der Waals surface area contributed by atoms with Crippen LogP contribution in [0.25, 0.3) is 0 Å². The summed E-state index contributed by atoms with van der Waals surface area (Å²) in [5.74, 6) is 0. The summed E-state index contributed by atoms with van der Waals surface area (Å²) < 4.78 is 10.5. The van der Waals surface area contributed by atoms with Crippen molar-refractivity contribution in [2.75, 3.05) is 26.4 Å². The zero-order chi connectivity index (χ0) is 6.81. The molecule has 2 nitrogen and oxygen atoms in total. The van der Waals surface area contributed by atoms with Crippen molar-refractivity contribution in [1.29, 1.82) is 0 Å². The molecule has 0 aromatic rings. The van der Waals surface area contributed by atoms with Crippen LogP contribution in [0.15, 0.2) is 11.1 Å². The van der Waals surface area contributed by atoms with Crippen LogP contribution >= 0.6 is 0 Å². The molecule has 2 heteroatoms. The first kappa shape index (κ1) is 6.38. The van der Waals surface area contributed by atoms with Crippen LogP contribution in [0.2, 0.25) is 0 Å². The third-order valence-corrected chi connectivity index (χ3v) is 2.15. The normalized spacial score (nSPS) is 33.6. The Bertz CT molecular complexity index is 127.